The second-order valence-electron chi connectivity index (χ2n) is 7.25. The van der Waals surface area contributed by atoms with E-state index in [1.165, 1.54) is 18.1 Å². The Hall–Kier alpha value is -3.64. The van der Waals surface area contributed by atoms with Gasteiger partial charge in [-0.2, -0.15) is 5.26 Å². The van der Waals surface area contributed by atoms with Gasteiger partial charge in [0.25, 0.3) is 5.91 Å². The van der Waals surface area contributed by atoms with Gasteiger partial charge in [-0.15, -0.1) is 0 Å². The van der Waals surface area contributed by atoms with Gasteiger partial charge in [-0.05, 0) is 36.2 Å². The summed E-state index contributed by atoms with van der Waals surface area (Å²) in [6.45, 7) is 1.61. The van der Waals surface area contributed by atoms with E-state index in [1.807, 2.05) is 6.07 Å². The second kappa shape index (κ2) is 8.24. The number of benzene rings is 2. The van der Waals surface area contributed by atoms with Crippen molar-refractivity contribution in [1.29, 1.82) is 5.26 Å². The third-order valence-corrected chi connectivity index (χ3v) is 5.52. The molecule has 2 aliphatic heterocycles. The number of carbonyl (C=O) groups excluding carboxylic acids is 1. The van der Waals surface area contributed by atoms with Crippen molar-refractivity contribution in [1.82, 2.24) is 4.90 Å². The number of oxime groups is 1. The highest BCUT2D eigenvalue weighted by Gasteiger charge is 2.36. The molecule has 1 fully saturated rings. The summed E-state index contributed by atoms with van der Waals surface area (Å²) in [6, 6.07) is 7.56. The van der Waals surface area contributed by atoms with Gasteiger partial charge in [0.15, 0.2) is 11.5 Å². The topological polar surface area (TPSA) is 104 Å². The van der Waals surface area contributed by atoms with E-state index in [0.717, 1.165) is 0 Å². The minimum absolute atomic E-state index is 0.0434. The van der Waals surface area contributed by atoms with Crippen LogP contribution in [0.15, 0.2) is 29.4 Å². The Bertz CT molecular complexity index is 1130. The number of hydrogen-bond acceptors (Lipinski definition) is 7. The molecule has 1 N–H and O–H groups in total. The van der Waals surface area contributed by atoms with E-state index in [0.29, 0.717) is 34.6 Å². The van der Waals surface area contributed by atoms with Gasteiger partial charge in [0.2, 0.25) is 6.79 Å². The summed E-state index contributed by atoms with van der Waals surface area (Å²) in [4.78, 5) is 19.6. The molecule has 1 amide bonds. The molecule has 0 aliphatic carbocycles. The van der Waals surface area contributed by atoms with E-state index in [1.54, 1.807) is 25.1 Å². The van der Waals surface area contributed by atoms with E-state index in [4.69, 9.17) is 14.3 Å². The number of likely N-dealkylation sites (tertiary alicyclic amines) is 1. The van der Waals surface area contributed by atoms with Crippen LogP contribution in [0, 0.1) is 24.1 Å². The fourth-order valence-electron chi connectivity index (χ4n) is 4.01. The lowest BCUT2D eigenvalue weighted by molar-refractivity contribution is 0.0675. The van der Waals surface area contributed by atoms with Gasteiger partial charge < -0.3 is 24.3 Å². The van der Waals surface area contributed by atoms with Crippen molar-refractivity contribution < 1.29 is 28.6 Å². The lowest BCUT2D eigenvalue weighted by atomic mass is 9.94. The molecule has 160 valence electrons. The smallest absolute Gasteiger partial charge is 0.258 e. The van der Waals surface area contributed by atoms with Crippen LogP contribution in [0.5, 0.6) is 11.5 Å². The molecule has 2 aromatic rings. The Morgan fingerprint density at radius 2 is 2.06 bits per heavy atom. The van der Waals surface area contributed by atoms with Crippen LogP contribution in [-0.2, 0) is 4.84 Å². The standard InChI is InChI=1S/C22H20FN3O5/c1-12-15(5-6-19(23)18(12)8-24)16-3-4-17(21-20(16)30-11-31-21)22(28)26-9-13(25-29-2)7-14(26)10-27/h3-6,14,27H,7,9-11H2,1-2H3/b25-13-/t14-/m0/s1. The molecule has 4 rings (SSSR count). The van der Waals surface area contributed by atoms with E-state index in [-0.39, 0.29) is 42.7 Å². The second-order valence-corrected chi connectivity index (χ2v) is 7.25. The van der Waals surface area contributed by atoms with Crippen molar-refractivity contribution in [3.63, 3.8) is 0 Å². The normalized spacial score (nSPS) is 18.4. The summed E-state index contributed by atoms with van der Waals surface area (Å²) in [5, 5.41) is 22.9. The molecule has 2 heterocycles. The predicted molar refractivity (Wildman–Crippen MR) is 108 cm³/mol. The van der Waals surface area contributed by atoms with Crippen LogP contribution in [0.25, 0.3) is 11.1 Å². The summed E-state index contributed by atoms with van der Waals surface area (Å²) in [6.07, 6.45) is 0.416. The highest BCUT2D eigenvalue weighted by atomic mass is 19.1. The van der Waals surface area contributed by atoms with E-state index in [9.17, 15) is 19.6 Å². The summed E-state index contributed by atoms with van der Waals surface area (Å²) in [7, 11) is 1.43. The minimum atomic E-state index is -0.595. The van der Waals surface area contributed by atoms with Gasteiger partial charge in [0, 0.05) is 12.0 Å². The number of amides is 1. The van der Waals surface area contributed by atoms with Crippen molar-refractivity contribution in [2.75, 3.05) is 27.1 Å². The fourth-order valence-corrected chi connectivity index (χ4v) is 4.01. The molecule has 0 aromatic heterocycles. The SMILES string of the molecule is CO/N=C1/C[C@@H](CO)N(C(=O)c2ccc(-c3ccc(F)c(C#N)c3C)c3c2OCO3)C1. The number of hydrogen-bond donors (Lipinski definition) is 1. The first-order valence-electron chi connectivity index (χ1n) is 9.63. The third-order valence-electron chi connectivity index (χ3n) is 5.52. The van der Waals surface area contributed by atoms with Crippen LogP contribution in [0.1, 0.15) is 27.9 Å². The number of nitriles is 1. The highest BCUT2D eigenvalue weighted by molar-refractivity contribution is 6.03. The van der Waals surface area contributed by atoms with Gasteiger partial charge >= 0.3 is 0 Å². The van der Waals surface area contributed by atoms with Crippen molar-refractivity contribution in [2.45, 2.75) is 19.4 Å². The zero-order valence-corrected chi connectivity index (χ0v) is 17.0. The molecule has 1 atom stereocenters. The van der Waals surface area contributed by atoms with Gasteiger partial charge in [0.05, 0.1) is 36.0 Å². The molecule has 8 nitrogen and oxygen atoms in total. The van der Waals surface area contributed by atoms with Gasteiger partial charge in [-0.1, -0.05) is 11.2 Å². The molecule has 9 heteroatoms. The number of rotatable bonds is 4. The predicted octanol–water partition coefficient (Wildman–Crippen LogP) is 2.61. The maximum atomic E-state index is 14.0. The van der Waals surface area contributed by atoms with Crippen LogP contribution >= 0.6 is 0 Å². The molecule has 0 unspecified atom stereocenters. The van der Waals surface area contributed by atoms with Crippen molar-refractivity contribution in [2.24, 2.45) is 5.16 Å². The lowest BCUT2D eigenvalue weighted by Gasteiger charge is -2.23. The summed E-state index contributed by atoms with van der Waals surface area (Å²) in [5.41, 5.74) is 2.58. The summed E-state index contributed by atoms with van der Waals surface area (Å²) >= 11 is 0. The molecule has 0 bridgehead atoms. The number of aliphatic hydroxyl groups excluding tert-OH is 1. The van der Waals surface area contributed by atoms with Crippen LogP contribution in [0.4, 0.5) is 4.39 Å². The number of ether oxygens (including phenoxy) is 2. The van der Waals surface area contributed by atoms with E-state index >= 15 is 0 Å². The first kappa shape index (κ1) is 20.6. The largest absolute Gasteiger partial charge is 0.453 e. The molecule has 31 heavy (non-hydrogen) atoms. The average Bonchev–Trinajstić information content (AvgIpc) is 3.41. The molecule has 2 aliphatic rings. The number of fused-ring (bicyclic) bond motifs is 1. The first-order valence-corrected chi connectivity index (χ1v) is 9.63. The number of halogens is 1. The maximum Gasteiger partial charge on any atom is 0.258 e. The average molecular weight is 425 g/mol. The molecular weight excluding hydrogens is 405 g/mol. The zero-order chi connectivity index (χ0) is 22.1. The van der Waals surface area contributed by atoms with Crippen LogP contribution in [-0.4, -0.2) is 54.7 Å². The maximum absolute atomic E-state index is 14.0. The van der Waals surface area contributed by atoms with Gasteiger partial charge in [-0.25, -0.2) is 4.39 Å². The minimum Gasteiger partial charge on any atom is -0.453 e. The quantitative estimate of drug-likeness (QED) is 0.755. The number of aliphatic hydroxyl groups is 1. The Kier molecular flexibility index (Phi) is 5.48. The fraction of sp³-hybridized carbons (Fsp3) is 0.318. The van der Waals surface area contributed by atoms with Crippen molar-refractivity contribution in [3.8, 4) is 28.7 Å². The van der Waals surface area contributed by atoms with E-state index in [2.05, 4.69) is 5.16 Å². The summed E-state index contributed by atoms with van der Waals surface area (Å²) < 4.78 is 25.2. The molecule has 0 radical (unpaired) electrons. The van der Waals surface area contributed by atoms with Gasteiger partial charge in [-0.3, -0.25) is 4.79 Å². The Morgan fingerprint density at radius 1 is 1.32 bits per heavy atom. The zero-order valence-electron chi connectivity index (χ0n) is 17.0. The van der Waals surface area contributed by atoms with Crippen LogP contribution in [0.2, 0.25) is 0 Å². The molecule has 0 saturated carbocycles. The van der Waals surface area contributed by atoms with Crippen molar-refractivity contribution >= 4 is 11.6 Å². The Morgan fingerprint density at radius 3 is 2.77 bits per heavy atom. The summed E-state index contributed by atoms with van der Waals surface area (Å²) in [5.74, 6) is -0.294. The monoisotopic (exact) mass is 425 g/mol. The van der Waals surface area contributed by atoms with Gasteiger partial charge in [0.1, 0.15) is 19.0 Å². The number of nitrogens with zero attached hydrogens (tertiary/aromatic N) is 3. The highest BCUT2D eigenvalue weighted by Crippen LogP contribution is 2.45. The van der Waals surface area contributed by atoms with Crippen LogP contribution in [0.3, 0.4) is 0 Å². The van der Waals surface area contributed by atoms with Crippen LogP contribution < -0.4 is 9.47 Å². The molecular formula is C22H20FN3O5. The Balaban J connectivity index is 1.75. The van der Waals surface area contributed by atoms with E-state index < -0.39 is 11.9 Å². The van der Waals surface area contributed by atoms with Crippen molar-refractivity contribution in [3.05, 3.63) is 46.8 Å². The lowest BCUT2D eigenvalue weighted by Crippen LogP contribution is -2.38. The number of carbonyl (C=O) groups is 1. The third kappa shape index (κ3) is 3.45. The molecule has 1 saturated heterocycles. The first-order chi connectivity index (χ1) is 15.0. The molecule has 0 spiro atoms. The Labute approximate surface area is 178 Å². The molecule has 2 aromatic carbocycles.